The van der Waals surface area contributed by atoms with Crippen LogP contribution in [0.5, 0.6) is 0 Å². The zero-order valence-corrected chi connectivity index (χ0v) is 13.3. The van der Waals surface area contributed by atoms with Crippen molar-refractivity contribution in [2.75, 3.05) is 0 Å². The lowest BCUT2D eigenvalue weighted by Gasteiger charge is -2.17. The molecule has 0 aliphatic carbocycles. The van der Waals surface area contributed by atoms with Gasteiger partial charge in [0.25, 0.3) is 0 Å². The Kier molecular flexibility index (Phi) is 7.42. The summed E-state index contributed by atoms with van der Waals surface area (Å²) in [7, 11) is 0. The maximum atomic E-state index is 3.89. The predicted molar refractivity (Wildman–Crippen MR) is 101 cm³/mol. The molecule has 0 fully saturated rings. The molecule has 0 atom stereocenters. The second kappa shape index (κ2) is 9.36. The van der Waals surface area contributed by atoms with Crippen LogP contribution in [0.4, 0.5) is 0 Å². The van der Waals surface area contributed by atoms with Gasteiger partial charge in [0.2, 0.25) is 0 Å². The first kappa shape index (κ1) is 17.5. The predicted octanol–water partition coefficient (Wildman–Crippen LogP) is 6.48. The van der Waals surface area contributed by atoms with Crippen LogP contribution in [0, 0.1) is 0 Å². The molecule has 0 bridgehead atoms. The molecular weight excluding hydrogens is 264 g/mol. The monoisotopic (exact) mass is 288 g/mol. The lowest BCUT2D eigenvalue weighted by molar-refractivity contribution is 0.916. The molecule has 22 heavy (non-hydrogen) atoms. The van der Waals surface area contributed by atoms with E-state index in [2.05, 4.69) is 69.6 Å². The Balaban J connectivity index is 0.000000541. The van der Waals surface area contributed by atoms with Crippen molar-refractivity contribution < 1.29 is 0 Å². The minimum Gasteiger partial charge on any atom is -0.0991 e. The molecule has 2 aromatic rings. The highest BCUT2D eigenvalue weighted by molar-refractivity contribution is 5.59. The van der Waals surface area contributed by atoms with Gasteiger partial charge in [-0.2, -0.15) is 0 Å². The van der Waals surface area contributed by atoms with Crippen molar-refractivity contribution in [1.29, 1.82) is 0 Å². The molecular formula is C22H24. The van der Waals surface area contributed by atoms with Gasteiger partial charge in [-0.05, 0) is 22.3 Å². The summed E-state index contributed by atoms with van der Waals surface area (Å²) in [4.78, 5) is 0. The summed E-state index contributed by atoms with van der Waals surface area (Å²) in [5.41, 5.74) is 5.01. The zero-order valence-electron chi connectivity index (χ0n) is 13.3. The normalized spacial score (nSPS) is 9.36. The van der Waals surface area contributed by atoms with Gasteiger partial charge in [-0.15, -0.1) is 0 Å². The minimum absolute atomic E-state index is 0.341. The van der Waals surface area contributed by atoms with Gasteiger partial charge < -0.3 is 0 Å². The van der Waals surface area contributed by atoms with Crippen molar-refractivity contribution in [3.63, 3.8) is 0 Å². The summed E-state index contributed by atoms with van der Waals surface area (Å²) in [5, 5.41) is 0. The first-order valence-corrected chi connectivity index (χ1v) is 7.35. The lowest BCUT2D eigenvalue weighted by Crippen LogP contribution is -2.00. The van der Waals surface area contributed by atoms with E-state index in [0.29, 0.717) is 5.92 Å². The molecule has 112 valence electrons. The topological polar surface area (TPSA) is 0 Å². The third kappa shape index (κ3) is 4.46. The van der Waals surface area contributed by atoms with Gasteiger partial charge in [-0.1, -0.05) is 106 Å². The fraction of sp³-hybridized carbons (Fsp3) is 0.0909. The molecule has 0 spiro atoms. The van der Waals surface area contributed by atoms with Crippen LogP contribution in [0.15, 0.2) is 87.0 Å². The van der Waals surface area contributed by atoms with Crippen molar-refractivity contribution in [3.05, 3.63) is 109 Å². The molecule has 0 aromatic heterocycles. The molecule has 0 unspecified atom stereocenters. The highest BCUT2D eigenvalue weighted by Crippen LogP contribution is 2.30. The largest absolute Gasteiger partial charge is 0.0991 e. The van der Waals surface area contributed by atoms with E-state index >= 15 is 0 Å². The lowest BCUT2D eigenvalue weighted by atomic mass is 9.87. The third-order valence-electron chi connectivity index (χ3n) is 3.53. The van der Waals surface area contributed by atoms with Crippen LogP contribution in [0.1, 0.15) is 35.1 Å². The smallest absolute Gasteiger partial charge is 0.00728 e. The van der Waals surface area contributed by atoms with Crippen molar-refractivity contribution >= 4 is 12.2 Å². The first-order valence-electron chi connectivity index (χ1n) is 7.35. The number of hydrogen-bond acceptors (Lipinski definition) is 0. The molecule has 2 rings (SSSR count). The summed E-state index contributed by atoms with van der Waals surface area (Å²) < 4.78 is 0. The first-order chi connectivity index (χ1) is 10.7. The Morgan fingerprint density at radius 2 is 1.05 bits per heavy atom. The van der Waals surface area contributed by atoms with Crippen molar-refractivity contribution in [2.45, 2.75) is 12.8 Å². The van der Waals surface area contributed by atoms with E-state index in [0.717, 1.165) is 0 Å². The van der Waals surface area contributed by atoms with Gasteiger partial charge in [0.05, 0.1) is 0 Å². The van der Waals surface area contributed by atoms with E-state index in [4.69, 9.17) is 0 Å². The molecule has 2 aromatic carbocycles. The number of rotatable bonds is 5. The molecule has 0 aliphatic heterocycles. The van der Waals surface area contributed by atoms with E-state index in [1.807, 2.05) is 24.3 Å². The van der Waals surface area contributed by atoms with Crippen LogP contribution in [-0.2, 0) is 0 Å². The molecule has 0 nitrogen and oxygen atoms in total. The summed E-state index contributed by atoms with van der Waals surface area (Å²) in [6.45, 7) is 16.7. The summed E-state index contributed by atoms with van der Waals surface area (Å²) in [6, 6.07) is 16.8. The number of hydrogen-bond donors (Lipinski definition) is 0. The summed E-state index contributed by atoms with van der Waals surface area (Å²) >= 11 is 0. The second-order valence-corrected chi connectivity index (χ2v) is 4.86. The van der Waals surface area contributed by atoms with Gasteiger partial charge >= 0.3 is 0 Å². The average Bonchev–Trinajstić information content (AvgIpc) is 2.61. The Morgan fingerprint density at radius 1 is 0.682 bits per heavy atom. The van der Waals surface area contributed by atoms with Crippen LogP contribution >= 0.6 is 0 Å². The molecule has 0 heterocycles. The maximum Gasteiger partial charge on any atom is 0.00728 e. The van der Waals surface area contributed by atoms with Crippen LogP contribution < -0.4 is 0 Å². The average molecular weight is 288 g/mol. The van der Waals surface area contributed by atoms with Crippen LogP contribution in [0.3, 0.4) is 0 Å². The van der Waals surface area contributed by atoms with Gasteiger partial charge in [0.15, 0.2) is 0 Å². The van der Waals surface area contributed by atoms with Crippen LogP contribution in [0.2, 0.25) is 0 Å². The zero-order chi connectivity index (χ0) is 16.4. The van der Waals surface area contributed by atoms with Gasteiger partial charge in [-0.3, -0.25) is 0 Å². The highest BCUT2D eigenvalue weighted by Gasteiger charge is 2.13. The van der Waals surface area contributed by atoms with E-state index < -0.39 is 0 Å². The SMILES string of the molecule is C=CC=C.C=Cc1ccccc1C(C)c1ccccc1C=C. The molecule has 0 radical (unpaired) electrons. The molecule has 0 aliphatic rings. The van der Waals surface area contributed by atoms with Gasteiger partial charge in [-0.25, -0.2) is 0 Å². The minimum atomic E-state index is 0.341. The Bertz CT molecular complexity index is 589. The third-order valence-corrected chi connectivity index (χ3v) is 3.53. The Morgan fingerprint density at radius 3 is 1.36 bits per heavy atom. The second-order valence-electron chi connectivity index (χ2n) is 4.86. The standard InChI is InChI=1S/C18H18.C4H6/c1-4-15-10-6-8-12-17(15)14(3)18-13-9-7-11-16(18)5-2;1-3-4-2/h4-14H,1-2H2,3H3;3-4H,1-2H2. The van der Waals surface area contributed by atoms with Gasteiger partial charge in [0.1, 0.15) is 0 Å². The Labute approximate surface area is 134 Å². The molecule has 0 saturated heterocycles. The van der Waals surface area contributed by atoms with Crippen LogP contribution in [0.25, 0.3) is 12.2 Å². The van der Waals surface area contributed by atoms with Crippen molar-refractivity contribution in [2.24, 2.45) is 0 Å². The van der Waals surface area contributed by atoms with Gasteiger partial charge in [0, 0.05) is 5.92 Å². The quantitative estimate of drug-likeness (QED) is 0.552. The van der Waals surface area contributed by atoms with E-state index in [1.54, 1.807) is 12.2 Å². The highest BCUT2D eigenvalue weighted by atomic mass is 14.2. The van der Waals surface area contributed by atoms with Crippen LogP contribution in [-0.4, -0.2) is 0 Å². The molecule has 0 N–H and O–H groups in total. The van der Waals surface area contributed by atoms with E-state index in [1.165, 1.54) is 22.3 Å². The molecule has 0 saturated carbocycles. The maximum absolute atomic E-state index is 3.89. The Hall–Kier alpha value is -2.60. The summed E-state index contributed by atoms with van der Waals surface area (Å²) in [6.07, 6.45) is 7.12. The fourth-order valence-electron chi connectivity index (χ4n) is 2.35. The number of allylic oxidation sites excluding steroid dienone is 2. The van der Waals surface area contributed by atoms with E-state index in [9.17, 15) is 0 Å². The molecule has 0 heteroatoms. The van der Waals surface area contributed by atoms with Crippen molar-refractivity contribution in [3.8, 4) is 0 Å². The fourth-order valence-corrected chi connectivity index (χ4v) is 2.35. The number of benzene rings is 2. The molecule has 0 amide bonds. The summed E-state index contributed by atoms with van der Waals surface area (Å²) in [5.74, 6) is 0.341. The van der Waals surface area contributed by atoms with Crippen molar-refractivity contribution in [1.82, 2.24) is 0 Å². The van der Waals surface area contributed by atoms with E-state index in [-0.39, 0.29) is 0 Å².